The van der Waals surface area contributed by atoms with Gasteiger partial charge in [0.15, 0.2) is 15.0 Å². The summed E-state index contributed by atoms with van der Waals surface area (Å²) in [5, 5.41) is 8.71. The summed E-state index contributed by atoms with van der Waals surface area (Å²) in [5.74, 6) is -1.00. The number of amides is 1. The first-order valence-corrected chi connectivity index (χ1v) is 9.50. The second-order valence-electron chi connectivity index (χ2n) is 5.27. The number of amidine groups is 1. The zero-order valence-corrected chi connectivity index (χ0v) is 13.5. The molecule has 1 amide bonds. The standard InChI is InChI=1S/C14H12FN3O3S2/c15-9-1-3-10(4-2-9)18-11-7-23(20,21)8-12(11)22-14(18)17-13(19)5-6-16/h1-4,11-12H,5,7-8H2/t11-,12+/m1/s1. The van der Waals surface area contributed by atoms with Crippen molar-refractivity contribution in [2.75, 3.05) is 16.4 Å². The van der Waals surface area contributed by atoms with Gasteiger partial charge in [-0.15, -0.1) is 0 Å². The average molecular weight is 353 g/mol. The van der Waals surface area contributed by atoms with Crippen molar-refractivity contribution in [1.29, 1.82) is 5.26 Å². The molecule has 23 heavy (non-hydrogen) atoms. The van der Waals surface area contributed by atoms with Crippen LogP contribution in [0.1, 0.15) is 6.42 Å². The predicted molar refractivity (Wildman–Crippen MR) is 85.4 cm³/mol. The number of halogens is 1. The van der Waals surface area contributed by atoms with E-state index < -0.39 is 21.6 Å². The Labute approximate surface area is 136 Å². The van der Waals surface area contributed by atoms with E-state index in [0.29, 0.717) is 10.9 Å². The molecule has 9 heteroatoms. The van der Waals surface area contributed by atoms with Crippen LogP contribution in [-0.2, 0) is 14.6 Å². The fourth-order valence-electron chi connectivity index (χ4n) is 2.68. The van der Waals surface area contributed by atoms with Gasteiger partial charge in [0, 0.05) is 10.9 Å². The van der Waals surface area contributed by atoms with Gasteiger partial charge in [0.2, 0.25) is 0 Å². The van der Waals surface area contributed by atoms with Crippen LogP contribution in [0.25, 0.3) is 0 Å². The number of anilines is 1. The number of hydrogen-bond acceptors (Lipinski definition) is 5. The zero-order valence-electron chi connectivity index (χ0n) is 11.8. The van der Waals surface area contributed by atoms with Crippen LogP contribution >= 0.6 is 11.8 Å². The highest BCUT2D eigenvalue weighted by atomic mass is 32.2. The molecular formula is C14H12FN3O3S2. The Morgan fingerprint density at radius 1 is 1.39 bits per heavy atom. The second kappa shape index (κ2) is 5.94. The Hall–Kier alpha value is -1.92. The van der Waals surface area contributed by atoms with Crippen LogP contribution < -0.4 is 4.90 Å². The minimum atomic E-state index is -3.15. The molecule has 2 aliphatic heterocycles. The molecule has 1 aromatic carbocycles. The summed E-state index contributed by atoms with van der Waals surface area (Å²) in [7, 11) is -3.15. The summed E-state index contributed by atoms with van der Waals surface area (Å²) < 4.78 is 36.8. The number of nitriles is 1. The van der Waals surface area contributed by atoms with E-state index in [1.807, 2.05) is 0 Å². The van der Waals surface area contributed by atoms with Crippen molar-refractivity contribution >= 4 is 38.4 Å². The molecule has 2 aliphatic rings. The van der Waals surface area contributed by atoms with E-state index in [2.05, 4.69) is 4.99 Å². The number of carbonyl (C=O) groups is 1. The molecule has 2 heterocycles. The summed E-state index contributed by atoms with van der Waals surface area (Å²) in [6, 6.07) is 6.98. The fraction of sp³-hybridized carbons (Fsp3) is 0.357. The van der Waals surface area contributed by atoms with Crippen LogP contribution in [-0.4, -0.2) is 42.3 Å². The van der Waals surface area contributed by atoms with Gasteiger partial charge in [-0.1, -0.05) is 11.8 Å². The lowest BCUT2D eigenvalue weighted by Crippen LogP contribution is -2.37. The van der Waals surface area contributed by atoms with Crippen molar-refractivity contribution in [2.45, 2.75) is 17.7 Å². The molecule has 0 aliphatic carbocycles. The molecule has 120 valence electrons. The molecule has 0 radical (unpaired) electrons. The number of thioether (sulfide) groups is 1. The van der Waals surface area contributed by atoms with Crippen molar-refractivity contribution in [3.05, 3.63) is 30.1 Å². The van der Waals surface area contributed by atoms with Gasteiger partial charge in [-0.2, -0.15) is 10.3 Å². The summed E-state index contributed by atoms with van der Waals surface area (Å²) >= 11 is 1.22. The topological polar surface area (TPSA) is 90.6 Å². The van der Waals surface area contributed by atoms with Gasteiger partial charge in [-0.3, -0.25) is 4.79 Å². The van der Waals surface area contributed by atoms with Crippen LogP contribution in [0.5, 0.6) is 0 Å². The molecule has 2 fully saturated rings. The molecule has 0 unspecified atom stereocenters. The van der Waals surface area contributed by atoms with Crippen LogP contribution in [0, 0.1) is 17.1 Å². The van der Waals surface area contributed by atoms with Crippen molar-refractivity contribution in [3.63, 3.8) is 0 Å². The van der Waals surface area contributed by atoms with Gasteiger partial charge in [-0.05, 0) is 24.3 Å². The Morgan fingerprint density at radius 3 is 2.74 bits per heavy atom. The van der Waals surface area contributed by atoms with E-state index in [4.69, 9.17) is 5.26 Å². The molecule has 0 spiro atoms. The summed E-state index contributed by atoms with van der Waals surface area (Å²) in [6.07, 6.45) is -0.338. The molecule has 3 rings (SSSR count). The summed E-state index contributed by atoms with van der Waals surface area (Å²) in [6.45, 7) is 0. The van der Waals surface area contributed by atoms with Crippen molar-refractivity contribution in [2.24, 2.45) is 4.99 Å². The Kier molecular flexibility index (Phi) is 4.12. The number of rotatable bonds is 2. The third-order valence-electron chi connectivity index (χ3n) is 3.62. The first-order valence-electron chi connectivity index (χ1n) is 6.80. The molecule has 6 nitrogen and oxygen atoms in total. The Balaban J connectivity index is 1.99. The number of carbonyl (C=O) groups excluding carboxylic acids is 1. The maximum Gasteiger partial charge on any atom is 0.262 e. The van der Waals surface area contributed by atoms with Gasteiger partial charge >= 0.3 is 0 Å². The lowest BCUT2D eigenvalue weighted by Gasteiger charge is -2.24. The van der Waals surface area contributed by atoms with E-state index >= 15 is 0 Å². The molecule has 1 aromatic rings. The molecule has 0 N–H and O–H groups in total. The lowest BCUT2D eigenvalue weighted by molar-refractivity contribution is -0.116. The first kappa shape index (κ1) is 16.0. The van der Waals surface area contributed by atoms with Crippen molar-refractivity contribution in [1.82, 2.24) is 0 Å². The van der Waals surface area contributed by atoms with Crippen LogP contribution in [0.3, 0.4) is 0 Å². The molecule has 0 aromatic heterocycles. The molecule has 2 atom stereocenters. The molecule has 0 bridgehead atoms. The second-order valence-corrected chi connectivity index (χ2v) is 8.63. The van der Waals surface area contributed by atoms with Gasteiger partial charge in [0.05, 0.1) is 23.6 Å². The number of hydrogen-bond donors (Lipinski definition) is 0. The van der Waals surface area contributed by atoms with Crippen molar-refractivity contribution in [3.8, 4) is 6.07 Å². The SMILES string of the molecule is N#CCC(=O)N=C1S[C@H]2CS(=O)(=O)C[C@H]2N1c1ccc(F)cc1. The number of nitrogens with zero attached hydrogens (tertiary/aromatic N) is 3. The van der Waals surface area contributed by atoms with Gasteiger partial charge in [0.25, 0.3) is 5.91 Å². The summed E-state index contributed by atoms with van der Waals surface area (Å²) in [5.41, 5.74) is 0.576. The fourth-order valence-corrected chi connectivity index (χ4v) is 6.61. The maximum atomic E-state index is 13.1. The van der Waals surface area contributed by atoms with E-state index in [0.717, 1.165) is 0 Å². The minimum Gasteiger partial charge on any atom is -0.316 e. The van der Waals surface area contributed by atoms with Crippen LogP contribution in [0.15, 0.2) is 29.3 Å². The number of sulfone groups is 1. The highest BCUT2D eigenvalue weighted by molar-refractivity contribution is 8.16. The molecule has 2 saturated heterocycles. The Morgan fingerprint density at radius 2 is 2.09 bits per heavy atom. The van der Waals surface area contributed by atoms with E-state index in [1.165, 1.54) is 36.0 Å². The third-order valence-corrected chi connectivity index (χ3v) is 6.83. The number of aliphatic imine (C=N–C) groups is 1. The Bertz CT molecular complexity index is 815. The number of benzene rings is 1. The molecular weight excluding hydrogens is 341 g/mol. The van der Waals surface area contributed by atoms with E-state index in [9.17, 15) is 17.6 Å². The van der Waals surface area contributed by atoms with Crippen molar-refractivity contribution < 1.29 is 17.6 Å². The van der Waals surface area contributed by atoms with Crippen LogP contribution in [0.2, 0.25) is 0 Å². The van der Waals surface area contributed by atoms with Gasteiger partial charge in [0.1, 0.15) is 12.2 Å². The average Bonchev–Trinajstić information content (AvgIpc) is 2.91. The smallest absolute Gasteiger partial charge is 0.262 e. The van der Waals surface area contributed by atoms with E-state index in [-0.39, 0.29) is 29.2 Å². The van der Waals surface area contributed by atoms with Gasteiger partial charge < -0.3 is 4.90 Å². The predicted octanol–water partition coefficient (Wildman–Crippen LogP) is 1.34. The zero-order chi connectivity index (χ0) is 16.6. The maximum absolute atomic E-state index is 13.1. The highest BCUT2D eigenvalue weighted by Crippen LogP contribution is 2.40. The third kappa shape index (κ3) is 3.23. The normalized spacial score (nSPS) is 27.0. The quantitative estimate of drug-likeness (QED) is 0.797. The monoisotopic (exact) mass is 353 g/mol. The van der Waals surface area contributed by atoms with E-state index in [1.54, 1.807) is 11.0 Å². The minimum absolute atomic E-state index is 0.0193. The molecule has 0 saturated carbocycles. The number of fused-ring (bicyclic) bond motifs is 1. The lowest BCUT2D eigenvalue weighted by atomic mass is 10.2. The summed E-state index contributed by atoms with van der Waals surface area (Å²) in [4.78, 5) is 17.2. The van der Waals surface area contributed by atoms with Crippen LogP contribution in [0.4, 0.5) is 10.1 Å². The highest BCUT2D eigenvalue weighted by Gasteiger charge is 2.49. The van der Waals surface area contributed by atoms with Gasteiger partial charge in [-0.25, -0.2) is 12.8 Å². The first-order chi connectivity index (χ1) is 10.9. The largest absolute Gasteiger partial charge is 0.316 e.